The van der Waals surface area contributed by atoms with Gasteiger partial charge in [-0.2, -0.15) is 4.31 Å². The quantitative estimate of drug-likeness (QED) is 0.550. The van der Waals surface area contributed by atoms with E-state index in [1.165, 1.54) is 10.5 Å². The van der Waals surface area contributed by atoms with Gasteiger partial charge in [-0.3, -0.25) is 5.41 Å². The second-order valence-corrected chi connectivity index (χ2v) is 6.30. The average Bonchev–Trinajstić information content (AvgIpc) is 2.70. The maximum atomic E-state index is 12.4. The highest BCUT2D eigenvalue weighted by atomic mass is 32.2. The van der Waals surface area contributed by atoms with Gasteiger partial charge in [0.1, 0.15) is 17.8 Å². The Morgan fingerprint density at radius 1 is 1.63 bits per heavy atom. The normalized spacial score (nSPS) is 21.5. The Morgan fingerprint density at radius 3 is 2.84 bits per heavy atom. The molecule has 0 bridgehead atoms. The van der Waals surface area contributed by atoms with Crippen LogP contribution in [-0.4, -0.2) is 53.9 Å². The minimum absolute atomic E-state index is 0.0108. The number of ether oxygens (including phenoxy) is 1. The van der Waals surface area contributed by atoms with Crippen molar-refractivity contribution < 1.29 is 13.2 Å². The van der Waals surface area contributed by atoms with Crippen molar-refractivity contribution in [3.05, 3.63) is 12.0 Å². The van der Waals surface area contributed by atoms with Crippen LogP contribution in [0.1, 0.15) is 5.82 Å². The summed E-state index contributed by atoms with van der Waals surface area (Å²) < 4.78 is 33.0. The third-order valence-corrected chi connectivity index (χ3v) is 4.80. The Hall–Kier alpha value is -1.45. The van der Waals surface area contributed by atoms with Gasteiger partial charge in [-0.1, -0.05) is 0 Å². The van der Waals surface area contributed by atoms with E-state index in [9.17, 15) is 8.42 Å². The summed E-state index contributed by atoms with van der Waals surface area (Å²) in [5.74, 6) is 0.451. The highest BCUT2D eigenvalue weighted by molar-refractivity contribution is 7.89. The van der Waals surface area contributed by atoms with Gasteiger partial charge < -0.3 is 15.0 Å². The van der Waals surface area contributed by atoms with Gasteiger partial charge in [-0.05, 0) is 6.92 Å². The lowest BCUT2D eigenvalue weighted by molar-refractivity contribution is 0.0367. The standard InChI is InChI=1S/C10H17N5O3S/c1-7-13-9(6-14(7)2)19(16,17)15-3-4-18-8(5-15)10(11)12/h6,8H,3-5H2,1-2H3,(H3,11,12). The Bertz CT molecular complexity index is 575. The third-order valence-electron chi connectivity index (χ3n) is 3.07. The second-order valence-electron chi connectivity index (χ2n) is 4.42. The number of nitrogens with two attached hydrogens (primary N) is 1. The molecule has 2 heterocycles. The van der Waals surface area contributed by atoms with Gasteiger partial charge in [0.15, 0.2) is 5.03 Å². The van der Waals surface area contributed by atoms with Crippen LogP contribution in [0.3, 0.4) is 0 Å². The highest BCUT2D eigenvalue weighted by Gasteiger charge is 2.33. The third kappa shape index (κ3) is 2.62. The van der Waals surface area contributed by atoms with E-state index in [0.717, 1.165) is 0 Å². The van der Waals surface area contributed by atoms with E-state index in [-0.39, 0.29) is 30.6 Å². The summed E-state index contributed by atoms with van der Waals surface area (Å²) in [6.45, 7) is 2.24. The summed E-state index contributed by atoms with van der Waals surface area (Å²) in [7, 11) is -1.93. The first-order chi connectivity index (χ1) is 8.82. The molecule has 19 heavy (non-hydrogen) atoms. The zero-order valence-corrected chi connectivity index (χ0v) is 11.6. The van der Waals surface area contributed by atoms with E-state index in [1.807, 2.05) is 0 Å². The number of hydrogen-bond acceptors (Lipinski definition) is 5. The smallest absolute Gasteiger partial charge is 0.262 e. The number of amidine groups is 1. The molecule has 1 aliphatic heterocycles. The molecular formula is C10H17N5O3S. The van der Waals surface area contributed by atoms with Crippen molar-refractivity contribution >= 4 is 15.9 Å². The Balaban J connectivity index is 2.26. The van der Waals surface area contributed by atoms with Gasteiger partial charge in [0.05, 0.1) is 6.61 Å². The molecule has 1 aliphatic rings. The number of aromatic nitrogens is 2. The van der Waals surface area contributed by atoms with Gasteiger partial charge >= 0.3 is 0 Å². The summed E-state index contributed by atoms with van der Waals surface area (Å²) in [6, 6.07) is 0. The van der Waals surface area contributed by atoms with Crippen molar-refractivity contribution in [1.82, 2.24) is 13.9 Å². The van der Waals surface area contributed by atoms with E-state index in [2.05, 4.69) is 4.98 Å². The fraction of sp³-hybridized carbons (Fsp3) is 0.600. The largest absolute Gasteiger partial charge is 0.385 e. The molecule has 0 aromatic carbocycles. The van der Waals surface area contributed by atoms with Crippen LogP contribution in [-0.2, 0) is 21.8 Å². The van der Waals surface area contributed by atoms with E-state index >= 15 is 0 Å². The molecule has 1 fully saturated rings. The van der Waals surface area contributed by atoms with Crippen molar-refractivity contribution in [3.8, 4) is 0 Å². The van der Waals surface area contributed by atoms with Crippen LogP contribution < -0.4 is 5.73 Å². The predicted octanol–water partition coefficient (Wildman–Crippen LogP) is -0.946. The van der Waals surface area contributed by atoms with E-state index in [1.54, 1.807) is 18.5 Å². The molecule has 2 rings (SSSR count). The van der Waals surface area contributed by atoms with Crippen LogP contribution in [0.5, 0.6) is 0 Å². The minimum Gasteiger partial charge on any atom is -0.385 e. The predicted molar refractivity (Wildman–Crippen MR) is 68.4 cm³/mol. The Labute approximate surface area is 111 Å². The van der Waals surface area contributed by atoms with Crippen LogP contribution in [0.25, 0.3) is 0 Å². The summed E-state index contributed by atoms with van der Waals surface area (Å²) in [5, 5.41) is 7.35. The molecule has 0 saturated carbocycles. The topological polar surface area (TPSA) is 114 Å². The van der Waals surface area contributed by atoms with E-state index in [4.69, 9.17) is 15.9 Å². The Morgan fingerprint density at radius 2 is 2.32 bits per heavy atom. The summed E-state index contributed by atoms with van der Waals surface area (Å²) in [6.07, 6.45) is 0.788. The monoisotopic (exact) mass is 287 g/mol. The van der Waals surface area contributed by atoms with Gasteiger partial charge in [-0.25, -0.2) is 13.4 Å². The molecule has 0 amide bonds. The zero-order chi connectivity index (χ0) is 14.2. The molecular weight excluding hydrogens is 270 g/mol. The Kier molecular flexibility index (Phi) is 3.61. The maximum absolute atomic E-state index is 12.4. The number of aryl methyl sites for hydroxylation is 2. The number of morpholine rings is 1. The van der Waals surface area contributed by atoms with Crippen molar-refractivity contribution in [2.24, 2.45) is 12.8 Å². The van der Waals surface area contributed by atoms with E-state index in [0.29, 0.717) is 5.82 Å². The maximum Gasteiger partial charge on any atom is 0.262 e. The number of hydrogen-bond donors (Lipinski definition) is 2. The lowest BCUT2D eigenvalue weighted by Crippen LogP contribution is -2.50. The summed E-state index contributed by atoms with van der Waals surface area (Å²) in [5.41, 5.74) is 5.36. The molecule has 8 nitrogen and oxygen atoms in total. The van der Waals surface area contributed by atoms with Crippen molar-refractivity contribution in [2.75, 3.05) is 19.7 Å². The lowest BCUT2D eigenvalue weighted by Gasteiger charge is -2.30. The minimum atomic E-state index is -3.66. The SMILES string of the molecule is Cc1nc(S(=O)(=O)N2CCOC(C(=N)N)C2)cn1C. The number of rotatable bonds is 3. The first-order valence-electron chi connectivity index (χ1n) is 5.78. The van der Waals surface area contributed by atoms with Crippen molar-refractivity contribution in [3.63, 3.8) is 0 Å². The first-order valence-corrected chi connectivity index (χ1v) is 7.22. The van der Waals surface area contributed by atoms with Crippen LogP contribution in [0.15, 0.2) is 11.2 Å². The summed E-state index contributed by atoms with van der Waals surface area (Å²) >= 11 is 0. The number of imidazole rings is 1. The molecule has 3 N–H and O–H groups in total. The molecule has 0 spiro atoms. The summed E-state index contributed by atoms with van der Waals surface area (Å²) in [4.78, 5) is 4.03. The molecule has 1 atom stereocenters. The molecule has 0 aliphatic carbocycles. The fourth-order valence-corrected chi connectivity index (χ4v) is 3.26. The van der Waals surface area contributed by atoms with Gasteiger partial charge in [0.2, 0.25) is 0 Å². The molecule has 9 heteroatoms. The lowest BCUT2D eigenvalue weighted by atomic mass is 10.3. The van der Waals surface area contributed by atoms with Crippen LogP contribution in [0.4, 0.5) is 0 Å². The van der Waals surface area contributed by atoms with Gasteiger partial charge in [0.25, 0.3) is 10.0 Å². The number of sulfonamides is 1. The first kappa shape index (κ1) is 14.0. The van der Waals surface area contributed by atoms with Gasteiger partial charge in [0, 0.05) is 26.3 Å². The number of nitrogens with zero attached hydrogens (tertiary/aromatic N) is 3. The highest BCUT2D eigenvalue weighted by Crippen LogP contribution is 2.18. The molecule has 0 radical (unpaired) electrons. The molecule has 1 aromatic heterocycles. The fourth-order valence-electron chi connectivity index (χ4n) is 1.81. The van der Waals surface area contributed by atoms with Crippen molar-refractivity contribution in [1.29, 1.82) is 5.41 Å². The van der Waals surface area contributed by atoms with Crippen molar-refractivity contribution in [2.45, 2.75) is 18.1 Å². The van der Waals surface area contributed by atoms with E-state index < -0.39 is 16.1 Å². The zero-order valence-electron chi connectivity index (χ0n) is 10.8. The van der Waals surface area contributed by atoms with Crippen LogP contribution in [0.2, 0.25) is 0 Å². The molecule has 1 saturated heterocycles. The number of nitrogens with one attached hydrogen (secondary N) is 1. The van der Waals surface area contributed by atoms with Crippen LogP contribution >= 0.6 is 0 Å². The average molecular weight is 287 g/mol. The second kappa shape index (κ2) is 4.91. The molecule has 106 valence electrons. The molecule has 1 aromatic rings. The molecule has 1 unspecified atom stereocenters. The van der Waals surface area contributed by atoms with Crippen LogP contribution in [0, 0.1) is 12.3 Å². The van der Waals surface area contributed by atoms with Gasteiger partial charge in [-0.15, -0.1) is 0 Å².